The summed E-state index contributed by atoms with van der Waals surface area (Å²) in [7, 11) is 0. The van der Waals surface area contributed by atoms with Crippen LogP contribution < -0.4 is 10.5 Å². The monoisotopic (exact) mass is 259 g/mol. The van der Waals surface area contributed by atoms with E-state index in [0.29, 0.717) is 12.6 Å². The summed E-state index contributed by atoms with van der Waals surface area (Å²) < 4.78 is 5.76. The molecule has 0 atom stereocenters. The summed E-state index contributed by atoms with van der Waals surface area (Å²) >= 11 is 0. The molecule has 3 rings (SSSR count). The Labute approximate surface area is 114 Å². The maximum atomic E-state index is 12.7. The normalized spacial score (nSPS) is 21.3. The Hall–Kier alpha value is -1.35. The van der Waals surface area contributed by atoms with E-state index in [1.807, 2.05) is 24.3 Å². The zero-order chi connectivity index (χ0) is 13.3. The topological polar surface area (TPSA) is 52.3 Å². The number of Topliss-reactive ketones (excluding diaryl/α,β-unsaturated/α-hetero) is 1. The van der Waals surface area contributed by atoms with E-state index in [4.69, 9.17) is 10.5 Å². The third-order valence-electron chi connectivity index (χ3n) is 4.36. The highest BCUT2D eigenvalue weighted by Gasteiger charge is 2.40. The molecular weight excluding hydrogens is 238 g/mol. The predicted molar refractivity (Wildman–Crippen MR) is 74.4 cm³/mol. The fraction of sp³-hybridized carbons (Fsp3) is 0.562. The minimum absolute atomic E-state index is 0.203. The van der Waals surface area contributed by atoms with Crippen molar-refractivity contribution in [2.75, 3.05) is 6.54 Å². The summed E-state index contributed by atoms with van der Waals surface area (Å²) in [6, 6.07) is 7.61. The van der Waals surface area contributed by atoms with Crippen LogP contribution in [0.25, 0.3) is 0 Å². The van der Waals surface area contributed by atoms with Gasteiger partial charge in [0, 0.05) is 17.5 Å². The predicted octanol–water partition coefficient (Wildman–Crippen LogP) is 2.93. The van der Waals surface area contributed by atoms with Gasteiger partial charge in [-0.2, -0.15) is 0 Å². The molecule has 2 N–H and O–H groups in total. The van der Waals surface area contributed by atoms with Gasteiger partial charge in [-0.15, -0.1) is 0 Å². The summed E-state index contributed by atoms with van der Waals surface area (Å²) in [5, 5.41) is 0. The second-order valence-electron chi connectivity index (χ2n) is 5.87. The number of carbonyl (C=O) groups is 1. The first kappa shape index (κ1) is 12.7. The van der Waals surface area contributed by atoms with Gasteiger partial charge in [0.15, 0.2) is 5.78 Å². The van der Waals surface area contributed by atoms with Crippen LogP contribution in [0.1, 0.15) is 48.9 Å². The van der Waals surface area contributed by atoms with Gasteiger partial charge in [-0.25, -0.2) is 0 Å². The lowest BCUT2D eigenvalue weighted by molar-refractivity contribution is 0.0809. The molecule has 1 aromatic rings. The molecule has 2 fully saturated rings. The molecular formula is C16H21NO2. The van der Waals surface area contributed by atoms with Gasteiger partial charge < -0.3 is 10.5 Å². The zero-order valence-corrected chi connectivity index (χ0v) is 11.2. The number of ketones is 1. The van der Waals surface area contributed by atoms with Gasteiger partial charge >= 0.3 is 0 Å². The van der Waals surface area contributed by atoms with E-state index in [2.05, 4.69) is 0 Å². The first-order chi connectivity index (χ1) is 9.23. The van der Waals surface area contributed by atoms with Gasteiger partial charge in [-0.1, -0.05) is 25.0 Å². The lowest BCUT2D eigenvalue weighted by Gasteiger charge is -2.25. The smallest absolute Gasteiger partial charge is 0.170 e. The number of ether oxygens (including phenoxy) is 1. The second-order valence-corrected chi connectivity index (χ2v) is 5.87. The molecule has 0 bridgehead atoms. The fourth-order valence-electron chi connectivity index (χ4n) is 2.97. The van der Waals surface area contributed by atoms with Gasteiger partial charge in [0.05, 0.1) is 6.10 Å². The molecule has 1 aromatic carbocycles. The molecule has 2 aliphatic rings. The highest BCUT2D eigenvalue weighted by atomic mass is 16.5. The van der Waals surface area contributed by atoms with E-state index in [9.17, 15) is 4.79 Å². The van der Waals surface area contributed by atoms with Crippen LogP contribution in [-0.2, 0) is 0 Å². The molecule has 2 saturated carbocycles. The first-order valence-corrected chi connectivity index (χ1v) is 7.25. The van der Waals surface area contributed by atoms with Gasteiger partial charge in [-0.05, 0) is 37.8 Å². The summed E-state index contributed by atoms with van der Waals surface area (Å²) in [6.07, 6.45) is 6.70. The second kappa shape index (κ2) is 4.97. The molecule has 0 unspecified atom stereocenters. The van der Waals surface area contributed by atoms with Crippen molar-refractivity contribution < 1.29 is 9.53 Å². The third kappa shape index (κ3) is 2.52. The van der Waals surface area contributed by atoms with Gasteiger partial charge in [0.2, 0.25) is 0 Å². The Morgan fingerprint density at radius 3 is 2.68 bits per heavy atom. The molecule has 0 saturated heterocycles. The minimum atomic E-state index is -0.321. The molecule has 3 nitrogen and oxygen atoms in total. The van der Waals surface area contributed by atoms with Crippen molar-refractivity contribution in [3.8, 4) is 5.75 Å². The van der Waals surface area contributed by atoms with E-state index in [-0.39, 0.29) is 11.2 Å². The molecule has 3 heteroatoms. The van der Waals surface area contributed by atoms with Crippen LogP contribution in [0.4, 0.5) is 0 Å². The third-order valence-corrected chi connectivity index (χ3v) is 4.36. The van der Waals surface area contributed by atoms with E-state index >= 15 is 0 Å². The van der Waals surface area contributed by atoms with Crippen LogP contribution in [0.5, 0.6) is 5.75 Å². The summed E-state index contributed by atoms with van der Waals surface area (Å²) in [6.45, 7) is 0.458. The van der Waals surface area contributed by atoms with Crippen molar-refractivity contribution in [1.82, 2.24) is 0 Å². The maximum absolute atomic E-state index is 12.7. The van der Waals surface area contributed by atoms with E-state index in [1.54, 1.807) is 0 Å². The molecule has 0 spiro atoms. The summed E-state index contributed by atoms with van der Waals surface area (Å²) in [5.41, 5.74) is 6.32. The number of carbonyl (C=O) groups excluding carboxylic acids is 1. The van der Waals surface area contributed by atoms with Crippen molar-refractivity contribution in [3.63, 3.8) is 0 Å². The standard InChI is InChI=1S/C16H21NO2/c17-11-16(8-1-2-9-16)15(18)12-4-3-5-14(10-12)19-13-6-7-13/h3-5,10,13H,1-2,6-9,11,17H2. The largest absolute Gasteiger partial charge is 0.490 e. The molecule has 102 valence electrons. The molecule has 0 amide bonds. The van der Waals surface area contributed by atoms with Crippen LogP contribution in [-0.4, -0.2) is 18.4 Å². The van der Waals surface area contributed by atoms with Gasteiger partial charge in [-0.3, -0.25) is 4.79 Å². The first-order valence-electron chi connectivity index (χ1n) is 7.25. The average molecular weight is 259 g/mol. The number of nitrogens with two attached hydrogens (primary N) is 1. The fourth-order valence-corrected chi connectivity index (χ4v) is 2.97. The van der Waals surface area contributed by atoms with Gasteiger partial charge in [0.1, 0.15) is 5.75 Å². The van der Waals surface area contributed by atoms with Crippen LogP contribution >= 0.6 is 0 Å². The highest BCUT2D eigenvalue weighted by Crippen LogP contribution is 2.40. The van der Waals surface area contributed by atoms with Crippen LogP contribution in [0.2, 0.25) is 0 Å². The molecule has 0 aromatic heterocycles. The van der Waals surface area contributed by atoms with Crippen molar-refractivity contribution >= 4 is 5.78 Å². The molecule has 19 heavy (non-hydrogen) atoms. The SMILES string of the molecule is NCC1(C(=O)c2cccc(OC3CC3)c2)CCCC1. The van der Waals surface area contributed by atoms with Crippen molar-refractivity contribution in [3.05, 3.63) is 29.8 Å². The van der Waals surface area contributed by atoms with Crippen molar-refractivity contribution in [2.45, 2.75) is 44.6 Å². The molecule has 0 heterocycles. The molecule has 2 aliphatic carbocycles. The quantitative estimate of drug-likeness (QED) is 0.827. The Morgan fingerprint density at radius 2 is 2.05 bits per heavy atom. The van der Waals surface area contributed by atoms with Gasteiger partial charge in [0.25, 0.3) is 0 Å². The van der Waals surface area contributed by atoms with Crippen molar-refractivity contribution in [1.29, 1.82) is 0 Å². The Morgan fingerprint density at radius 1 is 1.32 bits per heavy atom. The summed E-state index contributed by atoms with van der Waals surface area (Å²) in [4.78, 5) is 12.7. The summed E-state index contributed by atoms with van der Waals surface area (Å²) in [5.74, 6) is 1.02. The number of hydrogen-bond acceptors (Lipinski definition) is 3. The Bertz CT molecular complexity index is 473. The Balaban J connectivity index is 1.81. The Kier molecular flexibility index (Phi) is 3.31. The molecule has 0 aliphatic heterocycles. The van der Waals surface area contributed by atoms with E-state index in [1.165, 1.54) is 0 Å². The molecule has 0 radical (unpaired) electrons. The van der Waals surface area contributed by atoms with Crippen LogP contribution in [0.3, 0.4) is 0 Å². The number of hydrogen-bond donors (Lipinski definition) is 1. The minimum Gasteiger partial charge on any atom is -0.490 e. The lowest BCUT2D eigenvalue weighted by atomic mass is 9.79. The van der Waals surface area contributed by atoms with E-state index < -0.39 is 0 Å². The van der Waals surface area contributed by atoms with E-state index in [0.717, 1.165) is 49.8 Å². The lowest BCUT2D eigenvalue weighted by Crippen LogP contribution is -2.36. The van der Waals surface area contributed by atoms with Crippen LogP contribution in [0.15, 0.2) is 24.3 Å². The average Bonchev–Trinajstić information content (AvgIpc) is 3.12. The number of benzene rings is 1. The zero-order valence-electron chi connectivity index (χ0n) is 11.2. The highest BCUT2D eigenvalue weighted by molar-refractivity contribution is 6.01. The number of rotatable bonds is 5. The van der Waals surface area contributed by atoms with Crippen molar-refractivity contribution in [2.24, 2.45) is 11.1 Å². The van der Waals surface area contributed by atoms with Crippen LogP contribution in [0, 0.1) is 5.41 Å². The maximum Gasteiger partial charge on any atom is 0.170 e.